The Morgan fingerprint density at radius 2 is 1.83 bits per heavy atom. The molecular weight excluding hydrogens is 319 g/mol. The van der Waals surface area contributed by atoms with Gasteiger partial charge in [0.15, 0.2) is 0 Å². The Kier molecular flexibility index (Phi) is 5.75. The third-order valence-corrected chi connectivity index (χ3v) is 5.20. The second-order valence-corrected chi connectivity index (χ2v) is 8.25. The quantitative estimate of drug-likeness (QED) is 0.813. The maximum absolute atomic E-state index is 13.9. The Morgan fingerprint density at radius 1 is 1.22 bits per heavy atom. The van der Waals surface area contributed by atoms with E-state index in [1.54, 1.807) is 17.0 Å². The summed E-state index contributed by atoms with van der Waals surface area (Å²) in [6.45, 7) is 4.35. The van der Waals surface area contributed by atoms with E-state index in [-0.39, 0.29) is 29.9 Å². The standard InChI is InChI=1S/C16H23FN2O3S/c1-13(14-5-3-4-6-15(14)17)18-8-10-19(11-9-18)16(20)7-12-23(2,21)22/h3-6,13H,7-12H2,1-2H3/t13-/m1/s1. The van der Waals surface area contributed by atoms with Crippen molar-refractivity contribution in [3.63, 3.8) is 0 Å². The number of benzene rings is 1. The van der Waals surface area contributed by atoms with Gasteiger partial charge in [0.05, 0.1) is 5.75 Å². The molecule has 128 valence electrons. The highest BCUT2D eigenvalue weighted by atomic mass is 32.2. The van der Waals surface area contributed by atoms with Gasteiger partial charge < -0.3 is 4.90 Å². The zero-order valence-corrected chi connectivity index (χ0v) is 14.4. The fourth-order valence-electron chi connectivity index (χ4n) is 2.80. The Labute approximate surface area is 137 Å². The largest absolute Gasteiger partial charge is 0.340 e. The predicted molar refractivity (Wildman–Crippen MR) is 87.3 cm³/mol. The van der Waals surface area contributed by atoms with Crippen molar-refractivity contribution in [1.82, 2.24) is 9.80 Å². The minimum atomic E-state index is -3.12. The van der Waals surface area contributed by atoms with Gasteiger partial charge in [-0.15, -0.1) is 0 Å². The second kappa shape index (κ2) is 7.40. The molecular formula is C16H23FN2O3S. The van der Waals surface area contributed by atoms with Gasteiger partial charge in [-0.2, -0.15) is 0 Å². The van der Waals surface area contributed by atoms with Crippen LogP contribution in [0.5, 0.6) is 0 Å². The van der Waals surface area contributed by atoms with Gasteiger partial charge in [0, 0.05) is 50.5 Å². The lowest BCUT2D eigenvalue weighted by atomic mass is 10.1. The summed E-state index contributed by atoms with van der Waals surface area (Å²) in [5, 5.41) is 0. The fourth-order valence-corrected chi connectivity index (χ4v) is 3.35. The summed E-state index contributed by atoms with van der Waals surface area (Å²) >= 11 is 0. The Morgan fingerprint density at radius 3 is 2.39 bits per heavy atom. The van der Waals surface area contributed by atoms with E-state index < -0.39 is 9.84 Å². The van der Waals surface area contributed by atoms with E-state index in [1.807, 2.05) is 13.0 Å². The number of rotatable bonds is 5. The topological polar surface area (TPSA) is 57.7 Å². The third-order valence-electron chi connectivity index (χ3n) is 4.26. The van der Waals surface area contributed by atoms with E-state index >= 15 is 0 Å². The van der Waals surface area contributed by atoms with Crippen LogP contribution < -0.4 is 0 Å². The molecule has 1 fully saturated rings. The van der Waals surface area contributed by atoms with Crippen LogP contribution in [-0.4, -0.2) is 62.3 Å². The average Bonchev–Trinajstić information content (AvgIpc) is 2.52. The van der Waals surface area contributed by atoms with Crippen LogP contribution in [0.2, 0.25) is 0 Å². The van der Waals surface area contributed by atoms with Gasteiger partial charge in [-0.3, -0.25) is 9.69 Å². The van der Waals surface area contributed by atoms with Crippen LogP contribution in [-0.2, 0) is 14.6 Å². The molecule has 0 radical (unpaired) electrons. The maximum Gasteiger partial charge on any atom is 0.223 e. The summed E-state index contributed by atoms with van der Waals surface area (Å²) in [7, 11) is -3.12. The van der Waals surface area contributed by atoms with Crippen LogP contribution in [0.1, 0.15) is 24.9 Å². The molecule has 2 rings (SSSR count). The van der Waals surface area contributed by atoms with Crippen molar-refractivity contribution in [3.8, 4) is 0 Å². The zero-order valence-electron chi connectivity index (χ0n) is 13.5. The first-order valence-corrected chi connectivity index (χ1v) is 9.78. The highest BCUT2D eigenvalue weighted by Gasteiger charge is 2.26. The number of nitrogens with zero attached hydrogens (tertiary/aromatic N) is 2. The van der Waals surface area contributed by atoms with Crippen LogP contribution in [0.3, 0.4) is 0 Å². The van der Waals surface area contributed by atoms with Crippen molar-refractivity contribution in [2.45, 2.75) is 19.4 Å². The minimum absolute atomic E-state index is 0.0295. The molecule has 0 spiro atoms. The summed E-state index contributed by atoms with van der Waals surface area (Å²) < 4.78 is 36.1. The van der Waals surface area contributed by atoms with E-state index in [0.717, 1.165) is 6.26 Å². The van der Waals surface area contributed by atoms with Crippen LogP contribution in [0.15, 0.2) is 24.3 Å². The molecule has 7 heteroatoms. The van der Waals surface area contributed by atoms with E-state index in [4.69, 9.17) is 0 Å². The summed E-state index contributed by atoms with van der Waals surface area (Å²) in [5.74, 6) is -0.460. The number of piperazine rings is 1. The highest BCUT2D eigenvalue weighted by Crippen LogP contribution is 2.24. The van der Waals surface area contributed by atoms with Gasteiger partial charge in [-0.25, -0.2) is 12.8 Å². The lowest BCUT2D eigenvalue weighted by Gasteiger charge is -2.38. The third kappa shape index (κ3) is 5.00. The molecule has 23 heavy (non-hydrogen) atoms. The average molecular weight is 342 g/mol. The smallest absolute Gasteiger partial charge is 0.223 e. The molecule has 1 atom stereocenters. The first-order chi connectivity index (χ1) is 10.8. The summed E-state index contributed by atoms with van der Waals surface area (Å²) in [5.41, 5.74) is 0.657. The monoisotopic (exact) mass is 342 g/mol. The number of carbonyl (C=O) groups is 1. The van der Waals surface area contributed by atoms with Crippen molar-refractivity contribution in [2.24, 2.45) is 0 Å². The maximum atomic E-state index is 13.9. The summed E-state index contributed by atoms with van der Waals surface area (Å²) in [6.07, 6.45) is 1.16. The van der Waals surface area contributed by atoms with Crippen LogP contribution in [0, 0.1) is 5.82 Å². The molecule has 1 saturated heterocycles. The Bertz CT molecular complexity index is 655. The lowest BCUT2D eigenvalue weighted by Crippen LogP contribution is -2.49. The highest BCUT2D eigenvalue weighted by molar-refractivity contribution is 7.90. The van der Waals surface area contributed by atoms with Crippen LogP contribution in [0.4, 0.5) is 4.39 Å². The second-order valence-electron chi connectivity index (χ2n) is 5.99. The number of hydrogen-bond acceptors (Lipinski definition) is 4. The van der Waals surface area contributed by atoms with E-state index in [9.17, 15) is 17.6 Å². The van der Waals surface area contributed by atoms with Gasteiger partial charge in [-0.05, 0) is 13.0 Å². The molecule has 1 aromatic carbocycles. The number of carbonyl (C=O) groups excluding carboxylic acids is 1. The molecule has 1 aromatic rings. The molecule has 0 saturated carbocycles. The molecule has 0 bridgehead atoms. The van der Waals surface area contributed by atoms with E-state index in [2.05, 4.69) is 4.90 Å². The van der Waals surface area contributed by atoms with Crippen LogP contribution in [0.25, 0.3) is 0 Å². The van der Waals surface area contributed by atoms with Crippen molar-refractivity contribution < 1.29 is 17.6 Å². The van der Waals surface area contributed by atoms with Crippen molar-refractivity contribution >= 4 is 15.7 Å². The van der Waals surface area contributed by atoms with Gasteiger partial charge in [0.1, 0.15) is 15.7 Å². The minimum Gasteiger partial charge on any atom is -0.340 e. The Hall–Kier alpha value is -1.47. The Balaban J connectivity index is 1.88. The zero-order chi connectivity index (χ0) is 17.0. The van der Waals surface area contributed by atoms with E-state index in [0.29, 0.717) is 31.7 Å². The summed E-state index contributed by atoms with van der Waals surface area (Å²) in [4.78, 5) is 15.9. The molecule has 1 heterocycles. The van der Waals surface area contributed by atoms with Crippen molar-refractivity contribution in [2.75, 3.05) is 38.2 Å². The molecule has 0 N–H and O–H groups in total. The van der Waals surface area contributed by atoms with Gasteiger partial charge in [0.25, 0.3) is 0 Å². The number of hydrogen-bond donors (Lipinski definition) is 0. The molecule has 0 aliphatic carbocycles. The number of amides is 1. The van der Waals surface area contributed by atoms with Gasteiger partial charge in [0.2, 0.25) is 5.91 Å². The van der Waals surface area contributed by atoms with Gasteiger partial charge >= 0.3 is 0 Å². The lowest BCUT2D eigenvalue weighted by molar-refractivity contribution is -0.132. The van der Waals surface area contributed by atoms with Crippen molar-refractivity contribution in [3.05, 3.63) is 35.6 Å². The first kappa shape index (κ1) is 17.9. The predicted octanol–water partition coefficient (Wildman–Crippen LogP) is 1.47. The molecule has 5 nitrogen and oxygen atoms in total. The normalized spacial score (nSPS) is 18.0. The summed E-state index contributed by atoms with van der Waals surface area (Å²) in [6, 6.07) is 6.68. The van der Waals surface area contributed by atoms with Crippen molar-refractivity contribution in [1.29, 1.82) is 0 Å². The first-order valence-electron chi connectivity index (χ1n) is 7.72. The molecule has 0 aromatic heterocycles. The SMILES string of the molecule is C[C@H](c1ccccc1F)N1CCN(C(=O)CCS(C)(=O)=O)CC1. The van der Waals surface area contributed by atoms with Crippen LogP contribution >= 0.6 is 0 Å². The van der Waals surface area contributed by atoms with Gasteiger partial charge in [-0.1, -0.05) is 18.2 Å². The molecule has 1 aliphatic heterocycles. The molecule has 1 aliphatic rings. The molecule has 1 amide bonds. The number of halogens is 1. The fraction of sp³-hybridized carbons (Fsp3) is 0.562. The molecule has 0 unspecified atom stereocenters. The van der Waals surface area contributed by atoms with E-state index in [1.165, 1.54) is 6.07 Å². The number of sulfone groups is 1.